The SMILES string of the molecule is COc1ccc2c(c1)C=C(CN1C[C@H]3CC[C@@H]1CN(Cc1cccnc1)C3)CO2. The van der Waals surface area contributed by atoms with E-state index in [1.165, 1.54) is 37.1 Å². The molecule has 0 unspecified atom stereocenters. The second-order valence-electron chi connectivity index (χ2n) is 8.58. The minimum Gasteiger partial charge on any atom is -0.497 e. The summed E-state index contributed by atoms with van der Waals surface area (Å²) in [7, 11) is 1.71. The van der Waals surface area contributed by atoms with Crippen LogP contribution in [0.2, 0.25) is 0 Å². The fraction of sp³-hybridized carbons (Fsp3) is 0.458. The zero-order chi connectivity index (χ0) is 19.6. The number of rotatable bonds is 5. The van der Waals surface area contributed by atoms with Gasteiger partial charge in [0.2, 0.25) is 0 Å². The summed E-state index contributed by atoms with van der Waals surface area (Å²) in [6, 6.07) is 10.9. The number of hydrogen-bond acceptors (Lipinski definition) is 5. The lowest BCUT2D eigenvalue weighted by molar-refractivity contribution is 0.139. The van der Waals surface area contributed by atoms with E-state index in [0.717, 1.165) is 42.6 Å². The summed E-state index contributed by atoms with van der Waals surface area (Å²) in [6.45, 7) is 6.22. The highest BCUT2D eigenvalue weighted by Crippen LogP contribution is 2.33. The van der Waals surface area contributed by atoms with Crippen molar-refractivity contribution in [2.75, 3.05) is 39.9 Å². The predicted octanol–water partition coefficient (Wildman–Crippen LogP) is 3.46. The van der Waals surface area contributed by atoms with Gasteiger partial charge in [0.05, 0.1) is 7.11 Å². The summed E-state index contributed by atoms with van der Waals surface area (Å²) in [5, 5.41) is 0. The second kappa shape index (κ2) is 8.17. The molecule has 0 radical (unpaired) electrons. The van der Waals surface area contributed by atoms with Crippen LogP contribution in [0.3, 0.4) is 0 Å². The van der Waals surface area contributed by atoms with Crippen molar-refractivity contribution in [3.05, 3.63) is 59.4 Å². The molecule has 5 heteroatoms. The number of ether oxygens (including phenoxy) is 2. The van der Waals surface area contributed by atoms with Gasteiger partial charge in [-0.15, -0.1) is 0 Å². The fourth-order valence-electron chi connectivity index (χ4n) is 5.03. The smallest absolute Gasteiger partial charge is 0.127 e. The van der Waals surface area contributed by atoms with E-state index < -0.39 is 0 Å². The number of aromatic nitrogens is 1. The van der Waals surface area contributed by atoms with Crippen molar-refractivity contribution in [1.82, 2.24) is 14.8 Å². The summed E-state index contributed by atoms with van der Waals surface area (Å²) in [6.07, 6.45) is 8.80. The Hall–Kier alpha value is -2.37. The molecule has 5 nitrogen and oxygen atoms in total. The van der Waals surface area contributed by atoms with Crippen molar-refractivity contribution < 1.29 is 9.47 Å². The molecule has 2 atom stereocenters. The van der Waals surface area contributed by atoms with Gasteiger partial charge in [-0.3, -0.25) is 14.8 Å². The van der Waals surface area contributed by atoms with E-state index in [-0.39, 0.29) is 0 Å². The molecule has 6 rings (SSSR count). The Kier molecular flexibility index (Phi) is 5.25. The maximum absolute atomic E-state index is 6.02. The van der Waals surface area contributed by atoms with E-state index >= 15 is 0 Å². The van der Waals surface area contributed by atoms with E-state index in [4.69, 9.17) is 9.47 Å². The van der Waals surface area contributed by atoms with Gasteiger partial charge in [0, 0.05) is 56.7 Å². The van der Waals surface area contributed by atoms with Crippen molar-refractivity contribution in [2.24, 2.45) is 5.92 Å². The average molecular weight is 392 g/mol. The molecule has 2 bridgehead atoms. The molecule has 1 aromatic carbocycles. The predicted molar refractivity (Wildman–Crippen MR) is 114 cm³/mol. The minimum absolute atomic E-state index is 0.623. The molecule has 4 aliphatic heterocycles. The van der Waals surface area contributed by atoms with Crippen LogP contribution in [0.15, 0.2) is 48.3 Å². The van der Waals surface area contributed by atoms with E-state index in [2.05, 4.69) is 33.0 Å². The van der Waals surface area contributed by atoms with Crippen LogP contribution in [0.5, 0.6) is 11.5 Å². The van der Waals surface area contributed by atoms with Gasteiger partial charge >= 0.3 is 0 Å². The van der Waals surface area contributed by atoms with Gasteiger partial charge in [0.15, 0.2) is 0 Å². The fourth-order valence-corrected chi connectivity index (χ4v) is 5.03. The van der Waals surface area contributed by atoms with E-state index in [9.17, 15) is 0 Å². The maximum atomic E-state index is 6.02. The van der Waals surface area contributed by atoms with Crippen LogP contribution in [0.25, 0.3) is 6.08 Å². The van der Waals surface area contributed by atoms with Crippen molar-refractivity contribution in [2.45, 2.75) is 25.4 Å². The molecular weight excluding hydrogens is 362 g/mol. The van der Waals surface area contributed by atoms with E-state index in [1.807, 2.05) is 30.6 Å². The van der Waals surface area contributed by atoms with Crippen LogP contribution in [0.1, 0.15) is 24.0 Å². The number of methoxy groups -OCH3 is 1. The molecule has 0 saturated carbocycles. The number of hydrogen-bond donors (Lipinski definition) is 0. The molecule has 3 fully saturated rings. The Balaban J connectivity index is 1.28. The highest BCUT2D eigenvalue weighted by Gasteiger charge is 2.35. The maximum Gasteiger partial charge on any atom is 0.127 e. The largest absolute Gasteiger partial charge is 0.497 e. The average Bonchev–Trinajstić information content (AvgIpc) is 3.04. The first-order valence-electron chi connectivity index (χ1n) is 10.6. The summed E-state index contributed by atoms with van der Waals surface area (Å²) in [4.78, 5) is 9.61. The quantitative estimate of drug-likeness (QED) is 0.780. The van der Waals surface area contributed by atoms with Gasteiger partial charge in [0.1, 0.15) is 18.1 Å². The molecule has 0 amide bonds. The first-order chi connectivity index (χ1) is 14.3. The number of pyridine rings is 1. The van der Waals surface area contributed by atoms with Crippen LogP contribution >= 0.6 is 0 Å². The lowest BCUT2D eigenvalue weighted by Gasteiger charge is -2.37. The first-order valence-corrected chi connectivity index (χ1v) is 10.6. The number of piperidine rings is 1. The van der Waals surface area contributed by atoms with Crippen LogP contribution < -0.4 is 9.47 Å². The Morgan fingerprint density at radius 1 is 1.14 bits per heavy atom. The Labute approximate surface area is 172 Å². The van der Waals surface area contributed by atoms with Gasteiger partial charge < -0.3 is 9.47 Å². The third-order valence-corrected chi connectivity index (χ3v) is 6.43. The van der Waals surface area contributed by atoms with E-state index in [0.29, 0.717) is 12.6 Å². The third kappa shape index (κ3) is 4.16. The van der Waals surface area contributed by atoms with Gasteiger partial charge in [0.25, 0.3) is 0 Å². The van der Waals surface area contributed by atoms with Crippen LogP contribution in [0, 0.1) is 5.92 Å². The Morgan fingerprint density at radius 3 is 2.97 bits per heavy atom. The third-order valence-electron chi connectivity index (χ3n) is 6.43. The Bertz CT molecular complexity index is 883. The minimum atomic E-state index is 0.623. The summed E-state index contributed by atoms with van der Waals surface area (Å²) >= 11 is 0. The molecule has 152 valence electrons. The van der Waals surface area contributed by atoms with Crippen LogP contribution in [0.4, 0.5) is 0 Å². The Morgan fingerprint density at radius 2 is 2.10 bits per heavy atom. The molecule has 0 aliphatic carbocycles. The van der Waals surface area contributed by atoms with Crippen molar-refractivity contribution in [3.8, 4) is 11.5 Å². The van der Waals surface area contributed by atoms with Crippen molar-refractivity contribution >= 4 is 6.08 Å². The zero-order valence-electron chi connectivity index (χ0n) is 17.1. The number of nitrogens with zero attached hydrogens (tertiary/aromatic N) is 3. The van der Waals surface area contributed by atoms with Gasteiger partial charge in [-0.1, -0.05) is 6.07 Å². The summed E-state index contributed by atoms with van der Waals surface area (Å²) in [5.41, 5.74) is 3.80. The zero-order valence-corrected chi connectivity index (χ0v) is 17.1. The van der Waals surface area contributed by atoms with Crippen LogP contribution in [-0.2, 0) is 6.54 Å². The van der Waals surface area contributed by atoms with Gasteiger partial charge in [-0.2, -0.15) is 0 Å². The van der Waals surface area contributed by atoms with Crippen LogP contribution in [-0.4, -0.2) is 60.7 Å². The molecule has 4 aliphatic rings. The number of benzene rings is 1. The lowest BCUT2D eigenvalue weighted by atomic mass is 9.94. The molecule has 0 N–H and O–H groups in total. The van der Waals surface area contributed by atoms with E-state index in [1.54, 1.807) is 7.11 Å². The molecule has 5 heterocycles. The standard InChI is InChI=1S/C24H29N3O2/c1-28-23-6-7-24-21(10-23)9-20(17-29-24)15-27-14-19-4-5-22(27)16-26(13-19)12-18-3-2-8-25-11-18/h2-3,6-11,19,22H,4-5,12-17H2,1H3/t19-,22+/m0/s1. The highest BCUT2D eigenvalue weighted by molar-refractivity contribution is 5.64. The lowest BCUT2D eigenvalue weighted by Crippen LogP contribution is -2.45. The number of fused-ring (bicyclic) bond motifs is 5. The second-order valence-corrected chi connectivity index (χ2v) is 8.58. The van der Waals surface area contributed by atoms with Crippen molar-refractivity contribution in [1.29, 1.82) is 0 Å². The first kappa shape index (κ1) is 18.6. The molecule has 1 aromatic heterocycles. The summed E-state index contributed by atoms with van der Waals surface area (Å²) < 4.78 is 11.4. The summed E-state index contributed by atoms with van der Waals surface area (Å²) in [5.74, 6) is 2.59. The van der Waals surface area contributed by atoms with Gasteiger partial charge in [-0.25, -0.2) is 0 Å². The van der Waals surface area contributed by atoms with Crippen molar-refractivity contribution in [3.63, 3.8) is 0 Å². The normalized spacial score (nSPS) is 24.4. The topological polar surface area (TPSA) is 37.8 Å². The molecule has 2 aromatic rings. The molecular formula is C24H29N3O2. The molecule has 0 spiro atoms. The molecule has 3 saturated heterocycles. The van der Waals surface area contributed by atoms with Gasteiger partial charge in [-0.05, 0) is 60.2 Å². The highest BCUT2D eigenvalue weighted by atomic mass is 16.5. The monoisotopic (exact) mass is 391 g/mol. The molecule has 29 heavy (non-hydrogen) atoms.